The lowest BCUT2D eigenvalue weighted by Crippen LogP contribution is -2.25. The highest BCUT2D eigenvalue weighted by molar-refractivity contribution is 7.16. The summed E-state index contributed by atoms with van der Waals surface area (Å²) in [4.78, 5) is 23.0. The summed E-state index contributed by atoms with van der Waals surface area (Å²) in [5.74, 6) is 0.665. The van der Waals surface area contributed by atoms with Gasteiger partial charge in [-0.15, -0.1) is 11.3 Å². The van der Waals surface area contributed by atoms with Gasteiger partial charge in [0, 0.05) is 18.4 Å². The third-order valence-corrected chi connectivity index (χ3v) is 4.73. The van der Waals surface area contributed by atoms with E-state index in [-0.39, 0.29) is 12.0 Å². The molecule has 0 aliphatic heterocycles. The molecule has 0 unspecified atom stereocenters. The number of aromatic hydroxyl groups is 1. The van der Waals surface area contributed by atoms with Crippen LogP contribution in [0.4, 0.5) is 17.6 Å². The second kappa shape index (κ2) is 7.50. The Morgan fingerprint density at radius 2 is 2.04 bits per heavy atom. The number of benzene rings is 1. The SMILES string of the molecule is CCN(Cc1ccccn1)c1nc(O)nc(Nc2ccc3ncsc3c2)n1. The minimum Gasteiger partial charge on any atom is -0.479 e. The largest absolute Gasteiger partial charge is 0.479 e. The van der Waals surface area contributed by atoms with E-state index < -0.39 is 0 Å². The molecule has 0 saturated carbocycles. The van der Waals surface area contributed by atoms with Crippen LogP contribution >= 0.6 is 11.3 Å². The van der Waals surface area contributed by atoms with Crippen LogP contribution in [-0.4, -0.2) is 36.6 Å². The Morgan fingerprint density at radius 1 is 1.11 bits per heavy atom. The fourth-order valence-corrected chi connectivity index (χ4v) is 3.34. The minimum atomic E-state index is -0.333. The lowest BCUT2D eigenvalue weighted by atomic mass is 10.3. The third kappa shape index (κ3) is 3.93. The van der Waals surface area contributed by atoms with Gasteiger partial charge in [0.25, 0.3) is 0 Å². The van der Waals surface area contributed by atoms with Gasteiger partial charge >= 0.3 is 6.01 Å². The quantitative estimate of drug-likeness (QED) is 0.526. The number of anilines is 3. The topological polar surface area (TPSA) is 100.0 Å². The van der Waals surface area contributed by atoms with Crippen molar-refractivity contribution in [1.82, 2.24) is 24.9 Å². The summed E-state index contributed by atoms with van der Waals surface area (Å²) in [6.45, 7) is 3.19. The van der Waals surface area contributed by atoms with E-state index in [0.717, 1.165) is 21.6 Å². The maximum atomic E-state index is 9.97. The fourth-order valence-electron chi connectivity index (χ4n) is 2.62. The summed E-state index contributed by atoms with van der Waals surface area (Å²) in [7, 11) is 0. The average molecular weight is 379 g/mol. The van der Waals surface area contributed by atoms with E-state index in [2.05, 4.69) is 30.2 Å². The monoisotopic (exact) mass is 379 g/mol. The van der Waals surface area contributed by atoms with Gasteiger partial charge in [0.1, 0.15) is 0 Å². The van der Waals surface area contributed by atoms with Crippen molar-refractivity contribution in [2.24, 2.45) is 0 Å². The van der Waals surface area contributed by atoms with E-state index in [1.165, 1.54) is 0 Å². The highest BCUT2D eigenvalue weighted by Gasteiger charge is 2.13. The molecule has 136 valence electrons. The standard InChI is InChI=1S/C18H17N7OS/c1-2-25(10-13-5-3-4-8-19-13)17-22-16(23-18(26)24-17)21-12-6-7-14-15(9-12)27-11-20-14/h3-9,11H,2,10H2,1H3,(H2,21,22,23,24,26). The van der Waals surface area contributed by atoms with E-state index >= 15 is 0 Å². The predicted octanol–water partition coefficient (Wildman–Crippen LogP) is 3.35. The van der Waals surface area contributed by atoms with Gasteiger partial charge in [0.2, 0.25) is 11.9 Å². The van der Waals surface area contributed by atoms with Gasteiger partial charge in [-0.25, -0.2) is 4.98 Å². The van der Waals surface area contributed by atoms with Crippen molar-refractivity contribution in [1.29, 1.82) is 0 Å². The van der Waals surface area contributed by atoms with Crippen molar-refractivity contribution < 1.29 is 5.11 Å². The Labute approximate surface area is 159 Å². The summed E-state index contributed by atoms with van der Waals surface area (Å²) in [5.41, 5.74) is 4.45. The molecule has 0 spiro atoms. The van der Waals surface area contributed by atoms with Gasteiger partial charge < -0.3 is 15.3 Å². The van der Waals surface area contributed by atoms with Gasteiger partial charge in [-0.05, 0) is 37.3 Å². The van der Waals surface area contributed by atoms with Crippen molar-refractivity contribution in [3.8, 4) is 6.01 Å². The summed E-state index contributed by atoms with van der Waals surface area (Å²) >= 11 is 1.56. The maximum Gasteiger partial charge on any atom is 0.320 e. The molecule has 4 rings (SSSR count). The molecular formula is C18H17N7OS. The number of fused-ring (bicyclic) bond motifs is 1. The van der Waals surface area contributed by atoms with Crippen LogP contribution in [0.2, 0.25) is 0 Å². The van der Waals surface area contributed by atoms with Crippen molar-refractivity contribution >= 4 is 39.1 Å². The highest BCUT2D eigenvalue weighted by Crippen LogP contribution is 2.24. The van der Waals surface area contributed by atoms with E-state index in [1.54, 1.807) is 23.0 Å². The highest BCUT2D eigenvalue weighted by atomic mass is 32.1. The average Bonchev–Trinajstić information content (AvgIpc) is 3.14. The first-order chi connectivity index (χ1) is 13.2. The van der Waals surface area contributed by atoms with Crippen molar-refractivity contribution in [3.63, 3.8) is 0 Å². The van der Waals surface area contributed by atoms with Crippen LogP contribution in [0.1, 0.15) is 12.6 Å². The molecule has 0 fully saturated rings. The smallest absolute Gasteiger partial charge is 0.320 e. The lowest BCUT2D eigenvalue weighted by molar-refractivity contribution is 0.428. The van der Waals surface area contributed by atoms with Gasteiger partial charge in [0.15, 0.2) is 0 Å². The number of rotatable bonds is 6. The zero-order chi connectivity index (χ0) is 18.6. The molecule has 0 bridgehead atoms. The Kier molecular flexibility index (Phi) is 4.75. The minimum absolute atomic E-state index is 0.279. The predicted molar refractivity (Wildman–Crippen MR) is 105 cm³/mol. The van der Waals surface area contributed by atoms with Gasteiger partial charge in [-0.2, -0.15) is 15.0 Å². The molecule has 0 amide bonds. The summed E-state index contributed by atoms with van der Waals surface area (Å²) in [6, 6.07) is 11.2. The van der Waals surface area contributed by atoms with E-state index in [4.69, 9.17) is 0 Å². The lowest BCUT2D eigenvalue weighted by Gasteiger charge is -2.20. The molecule has 2 N–H and O–H groups in total. The molecule has 3 heterocycles. The number of nitrogens with zero attached hydrogens (tertiary/aromatic N) is 6. The van der Waals surface area contributed by atoms with Crippen LogP contribution in [0, 0.1) is 0 Å². The van der Waals surface area contributed by atoms with Crippen molar-refractivity contribution in [2.75, 3.05) is 16.8 Å². The van der Waals surface area contributed by atoms with Crippen LogP contribution in [0.3, 0.4) is 0 Å². The molecule has 8 nitrogen and oxygen atoms in total. The van der Waals surface area contributed by atoms with Crippen LogP contribution in [0.5, 0.6) is 6.01 Å². The van der Waals surface area contributed by atoms with E-state index in [0.29, 0.717) is 19.0 Å². The summed E-state index contributed by atoms with van der Waals surface area (Å²) in [5, 5.41) is 13.1. The Bertz CT molecular complexity index is 1050. The molecule has 0 radical (unpaired) electrons. The summed E-state index contributed by atoms with van der Waals surface area (Å²) in [6.07, 6.45) is 1.75. The molecular weight excluding hydrogens is 362 g/mol. The Morgan fingerprint density at radius 3 is 2.85 bits per heavy atom. The molecule has 0 atom stereocenters. The number of hydrogen-bond donors (Lipinski definition) is 2. The van der Waals surface area contributed by atoms with E-state index in [1.807, 2.05) is 48.2 Å². The van der Waals surface area contributed by atoms with Crippen LogP contribution in [-0.2, 0) is 6.54 Å². The second-order valence-electron chi connectivity index (χ2n) is 5.75. The molecule has 0 saturated heterocycles. The second-order valence-corrected chi connectivity index (χ2v) is 6.64. The number of hydrogen-bond acceptors (Lipinski definition) is 9. The normalized spacial score (nSPS) is 10.9. The number of pyridine rings is 1. The molecule has 0 aliphatic carbocycles. The first kappa shape index (κ1) is 17.1. The van der Waals surface area contributed by atoms with Crippen molar-refractivity contribution in [3.05, 3.63) is 53.8 Å². The first-order valence-electron chi connectivity index (χ1n) is 8.41. The van der Waals surface area contributed by atoms with Gasteiger partial charge in [0.05, 0.1) is 28.0 Å². The van der Waals surface area contributed by atoms with E-state index in [9.17, 15) is 5.11 Å². The zero-order valence-electron chi connectivity index (χ0n) is 14.6. The third-order valence-electron chi connectivity index (χ3n) is 3.94. The molecule has 1 aromatic carbocycles. The molecule has 0 aliphatic rings. The number of thiazole rings is 1. The molecule has 3 aromatic heterocycles. The molecule has 4 aromatic rings. The maximum absolute atomic E-state index is 9.97. The summed E-state index contributed by atoms with van der Waals surface area (Å²) < 4.78 is 1.06. The zero-order valence-corrected chi connectivity index (χ0v) is 15.4. The number of aromatic nitrogens is 5. The fraction of sp³-hybridized carbons (Fsp3) is 0.167. The first-order valence-corrected chi connectivity index (χ1v) is 9.29. The van der Waals surface area contributed by atoms with Crippen LogP contribution in [0.15, 0.2) is 48.1 Å². The van der Waals surface area contributed by atoms with Crippen LogP contribution < -0.4 is 10.2 Å². The molecule has 27 heavy (non-hydrogen) atoms. The van der Waals surface area contributed by atoms with Gasteiger partial charge in [-0.3, -0.25) is 4.98 Å². The Balaban J connectivity index is 1.59. The molecule has 9 heteroatoms. The van der Waals surface area contributed by atoms with Gasteiger partial charge in [-0.1, -0.05) is 6.07 Å². The van der Waals surface area contributed by atoms with Crippen LogP contribution in [0.25, 0.3) is 10.2 Å². The number of nitrogens with one attached hydrogen (secondary N) is 1. The Hall–Kier alpha value is -3.33. The van der Waals surface area contributed by atoms with Crippen molar-refractivity contribution in [2.45, 2.75) is 13.5 Å².